The summed E-state index contributed by atoms with van der Waals surface area (Å²) in [6.07, 6.45) is 4.13. The lowest BCUT2D eigenvalue weighted by atomic mass is 10.2. The Bertz CT molecular complexity index is 806. The molecule has 1 fully saturated rings. The van der Waals surface area contributed by atoms with Crippen molar-refractivity contribution in [2.75, 3.05) is 6.61 Å². The predicted octanol–water partition coefficient (Wildman–Crippen LogP) is -0.138. The van der Waals surface area contributed by atoms with E-state index in [1.165, 1.54) is 6.33 Å². The molecule has 10 heteroatoms. The van der Waals surface area contributed by atoms with Crippen molar-refractivity contribution in [2.45, 2.75) is 38.2 Å². The zero-order valence-electron chi connectivity index (χ0n) is 12.5. The van der Waals surface area contributed by atoms with Crippen LogP contribution in [0.1, 0.15) is 25.1 Å². The lowest BCUT2D eigenvalue weighted by Gasteiger charge is -2.15. The number of nitrogens with zero attached hydrogens (tertiary/aromatic N) is 3. The molecule has 0 amide bonds. The molecule has 1 aliphatic heterocycles. The fourth-order valence-electron chi connectivity index (χ4n) is 2.75. The molecule has 0 radical (unpaired) electrons. The van der Waals surface area contributed by atoms with Crippen LogP contribution in [0.15, 0.2) is 18.7 Å². The Balaban J connectivity index is 1.83. The molecular formula is C13H18N4O5S. The first-order valence-electron chi connectivity index (χ1n) is 7.19. The van der Waals surface area contributed by atoms with Crippen molar-refractivity contribution in [1.29, 1.82) is 0 Å². The topological polar surface area (TPSA) is 130 Å². The van der Waals surface area contributed by atoms with Crippen molar-refractivity contribution in [3.05, 3.63) is 24.3 Å². The van der Waals surface area contributed by atoms with Crippen LogP contribution in [0.2, 0.25) is 0 Å². The number of fused-ring (bicyclic) bond motifs is 1. The summed E-state index contributed by atoms with van der Waals surface area (Å²) in [6.45, 7) is 1.70. The lowest BCUT2D eigenvalue weighted by molar-refractivity contribution is -0.0369. The minimum absolute atomic E-state index is 0.301. The van der Waals surface area contributed by atoms with Crippen LogP contribution in [0.5, 0.6) is 0 Å². The second-order valence-corrected chi connectivity index (χ2v) is 6.61. The summed E-state index contributed by atoms with van der Waals surface area (Å²) in [5.74, 6) is 0. The Hall–Kier alpha value is -1.59. The molecule has 9 nitrogen and oxygen atoms in total. The Morgan fingerprint density at radius 1 is 1.57 bits per heavy atom. The molecule has 3 heterocycles. The Labute approximate surface area is 133 Å². The van der Waals surface area contributed by atoms with Crippen LogP contribution in [0, 0.1) is 0 Å². The minimum atomic E-state index is -4.07. The van der Waals surface area contributed by atoms with Gasteiger partial charge in [-0.25, -0.2) is 15.1 Å². The largest absolute Gasteiger partial charge is 0.390 e. The van der Waals surface area contributed by atoms with Crippen LogP contribution in [-0.2, 0) is 25.6 Å². The zero-order valence-corrected chi connectivity index (χ0v) is 13.3. The number of ether oxygens (including phenoxy) is 1. The molecule has 1 saturated heterocycles. The van der Waals surface area contributed by atoms with E-state index in [9.17, 15) is 13.5 Å². The van der Waals surface area contributed by atoms with Crippen molar-refractivity contribution in [3.63, 3.8) is 0 Å². The van der Waals surface area contributed by atoms with E-state index in [4.69, 9.17) is 9.88 Å². The molecule has 126 valence electrons. The smallest absolute Gasteiger partial charge is 0.333 e. The van der Waals surface area contributed by atoms with Gasteiger partial charge in [0.1, 0.15) is 24.3 Å². The number of aliphatic hydroxyl groups excluding tert-OH is 1. The summed E-state index contributed by atoms with van der Waals surface area (Å²) in [5, 5.41) is 15.8. The van der Waals surface area contributed by atoms with E-state index in [-0.39, 0.29) is 6.61 Å². The number of hydrogen-bond donors (Lipinski definition) is 2. The van der Waals surface area contributed by atoms with Gasteiger partial charge in [0, 0.05) is 24.2 Å². The molecule has 3 atom stereocenters. The molecule has 0 aliphatic carbocycles. The van der Waals surface area contributed by atoms with E-state index in [1.807, 2.05) is 17.7 Å². The highest BCUT2D eigenvalue weighted by molar-refractivity contribution is 7.84. The summed E-state index contributed by atoms with van der Waals surface area (Å²) in [7, 11) is -4.07. The first kappa shape index (κ1) is 16.3. The second kappa shape index (κ2) is 6.13. The average molecular weight is 342 g/mol. The van der Waals surface area contributed by atoms with Crippen LogP contribution < -0.4 is 5.14 Å². The number of rotatable bonds is 5. The normalized spacial score (nSPS) is 25.3. The molecule has 0 aromatic carbocycles. The number of aryl methyl sites for hydroxylation is 1. The Morgan fingerprint density at radius 3 is 3.04 bits per heavy atom. The molecule has 0 spiro atoms. The van der Waals surface area contributed by atoms with Gasteiger partial charge >= 0.3 is 10.3 Å². The quantitative estimate of drug-likeness (QED) is 0.773. The maximum Gasteiger partial charge on any atom is 0.333 e. The summed E-state index contributed by atoms with van der Waals surface area (Å²) in [5.41, 5.74) is 1.78. The van der Waals surface area contributed by atoms with Crippen molar-refractivity contribution >= 4 is 21.3 Å². The van der Waals surface area contributed by atoms with Crippen LogP contribution in [-0.4, -0.2) is 46.9 Å². The van der Waals surface area contributed by atoms with Crippen molar-refractivity contribution in [2.24, 2.45) is 5.14 Å². The van der Waals surface area contributed by atoms with Gasteiger partial charge in [-0.15, -0.1) is 0 Å². The standard InChI is InChI=1S/C13H18N4O5S/c1-2-8-5-17(13-9(8)4-15-7-16-13)12-3-10(18)11(22-12)6-21-23(14,19)20/h4-5,7,10-12,18H,2-3,6H2,1H3,(H2,14,19,20)/t10-,11+,12+/m0/s1. The van der Waals surface area contributed by atoms with Crippen LogP contribution in [0.3, 0.4) is 0 Å². The van der Waals surface area contributed by atoms with Crippen molar-refractivity contribution in [1.82, 2.24) is 14.5 Å². The molecule has 2 aromatic heterocycles. The number of aliphatic hydroxyl groups is 1. The van der Waals surface area contributed by atoms with Gasteiger partial charge < -0.3 is 14.4 Å². The summed E-state index contributed by atoms with van der Waals surface area (Å²) in [6, 6.07) is 0. The SMILES string of the molecule is CCc1cn([C@H]2C[C@H](O)[C@@H](COS(N)(=O)=O)O2)c2ncncc12. The fourth-order valence-corrected chi connectivity index (χ4v) is 3.08. The third-order valence-electron chi connectivity index (χ3n) is 3.87. The molecule has 0 saturated carbocycles. The number of nitrogens with two attached hydrogens (primary N) is 1. The highest BCUT2D eigenvalue weighted by Gasteiger charge is 2.36. The molecule has 3 N–H and O–H groups in total. The monoisotopic (exact) mass is 342 g/mol. The number of hydrogen-bond acceptors (Lipinski definition) is 7. The molecule has 23 heavy (non-hydrogen) atoms. The van der Waals surface area contributed by atoms with Crippen molar-refractivity contribution < 1.29 is 22.4 Å². The van der Waals surface area contributed by atoms with Crippen LogP contribution in [0.4, 0.5) is 0 Å². The van der Waals surface area contributed by atoms with Gasteiger partial charge in [0.15, 0.2) is 0 Å². The van der Waals surface area contributed by atoms with E-state index in [0.717, 1.165) is 17.4 Å². The molecule has 2 aromatic rings. The van der Waals surface area contributed by atoms with Gasteiger partial charge in [-0.2, -0.15) is 8.42 Å². The van der Waals surface area contributed by atoms with E-state index < -0.39 is 28.7 Å². The van der Waals surface area contributed by atoms with Gasteiger partial charge in [0.25, 0.3) is 0 Å². The van der Waals surface area contributed by atoms with E-state index in [2.05, 4.69) is 14.2 Å². The fraction of sp³-hybridized carbons (Fsp3) is 0.538. The predicted molar refractivity (Wildman–Crippen MR) is 80.5 cm³/mol. The first-order valence-corrected chi connectivity index (χ1v) is 8.66. The highest BCUT2D eigenvalue weighted by atomic mass is 32.2. The third kappa shape index (κ3) is 3.35. The highest BCUT2D eigenvalue weighted by Crippen LogP contribution is 2.33. The van der Waals surface area contributed by atoms with Gasteiger partial charge in [0.2, 0.25) is 0 Å². The van der Waals surface area contributed by atoms with E-state index in [0.29, 0.717) is 12.1 Å². The molecule has 0 bridgehead atoms. The Kier molecular flexibility index (Phi) is 4.34. The zero-order chi connectivity index (χ0) is 16.6. The molecule has 3 rings (SSSR count). The molecular weight excluding hydrogens is 324 g/mol. The molecule has 0 unspecified atom stereocenters. The van der Waals surface area contributed by atoms with Crippen LogP contribution in [0.25, 0.3) is 11.0 Å². The lowest BCUT2D eigenvalue weighted by Crippen LogP contribution is -2.30. The third-order valence-corrected chi connectivity index (χ3v) is 4.33. The summed E-state index contributed by atoms with van der Waals surface area (Å²) in [4.78, 5) is 8.31. The van der Waals surface area contributed by atoms with E-state index >= 15 is 0 Å². The first-order chi connectivity index (χ1) is 10.9. The Morgan fingerprint density at radius 2 is 2.35 bits per heavy atom. The maximum atomic E-state index is 10.9. The van der Waals surface area contributed by atoms with Gasteiger partial charge in [-0.05, 0) is 12.0 Å². The van der Waals surface area contributed by atoms with E-state index in [1.54, 1.807) is 6.20 Å². The minimum Gasteiger partial charge on any atom is -0.390 e. The molecule has 1 aliphatic rings. The van der Waals surface area contributed by atoms with Gasteiger partial charge in [-0.1, -0.05) is 6.92 Å². The summed E-state index contributed by atoms with van der Waals surface area (Å²) < 4.78 is 33.8. The van der Waals surface area contributed by atoms with Crippen molar-refractivity contribution in [3.8, 4) is 0 Å². The average Bonchev–Trinajstić information content (AvgIpc) is 3.05. The second-order valence-electron chi connectivity index (χ2n) is 5.38. The maximum absolute atomic E-state index is 10.9. The summed E-state index contributed by atoms with van der Waals surface area (Å²) >= 11 is 0. The van der Waals surface area contributed by atoms with Gasteiger partial charge in [-0.3, -0.25) is 4.18 Å². The van der Waals surface area contributed by atoms with Gasteiger partial charge in [0.05, 0.1) is 12.7 Å². The number of aromatic nitrogens is 3. The van der Waals surface area contributed by atoms with Crippen LogP contribution >= 0.6 is 0 Å².